The molecule has 0 aromatic rings. The topological polar surface area (TPSA) is 18.5 Å². The average Bonchev–Trinajstić information content (AvgIpc) is 2.12. The van der Waals surface area contributed by atoms with E-state index in [0.717, 1.165) is 5.92 Å². The number of hydrogen-bond acceptors (Lipinski definition) is 3. The fourth-order valence-corrected chi connectivity index (χ4v) is 2.57. The second-order valence-electron chi connectivity index (χ2n) is 6.00. The van der Waals surface area contributed by atoms with Gasteiger partial charge in [0.2, 0.25) is 0 Å². The third-order valence-corrected chi connectivity index (χ3v) is 3.22. The predicted molar refractivity (Wildman–Crippen MR) is 70.8 cm³/mol. The summed E-state index contributed by atoms with van der Waals surface area (Å²) >= 11 is 0. The molecule has 1 fully saturated rings. The Morgan fingerprint density at radius 1 is 1.25 bits per heavy atom. The molecule has 0 radical (unpaired) electrons. The van der Waals surface area contributed by atoms with Crippen LogP contribution in [-0.2, 0) is 0 Å². The molecule has 1 rings (SSSR count). The van der Waals surface area contributed by atoms with E-state index in [1.165, 1.54) is 32.5 Å². The molecule has 3 nitrogen and oxygen atoms in total. The van der Waals surface area contributed by atoms with Crippen LogP contribution in [0.4, 0.5) is 0 Å². The van der Waals surface area contributed by atoms with Gasteiger partial charge in [-0.25, -0.2) is 0 Å². The zero-order valence-corrected chi connectivity index (χ0v) is 11.7. The molecule has 16 heavy (non-hydrogen) atoms. The van der Waals surface area contributed by atoms with Crippen molar-refractivity contribution in [3.8, 4) is 0 Å². The van der Waals surface area contributed by atoms with Gasteiger partial charge in [-0.1, -0.05) is 13.8 Å². The number of nitrogens with one attached hydrogen (secondary N) is 1. The van der Waals surface area contributed by atoms with Gasteiger partial charge >= 0.3 is 0 Å². The Balaban J connectivity index is 2.35. The van der Waals surface area contributed by atoms with E-state index >= 15 is 0 Å². The normalized spacial score (nSPS) is 27.9. The van der Waals surface area contributed by atoms with Crippen LogP contribution in [0, 0.1) is 5.92 Å². The Morgan fingerprint density at radius 3 is 2.44 bits per heavy atom. The summed E-state index contributed by atoms with van der Waals surface area (Å²) in [5.41, 5.74) is 0. The number of rotatable bonds is 5. The molecule has 1 aliphatic rings. The van der Waals surface area contributed by atoms with E-state index in [1.54, 1.807) is 0 Å². The van der Waals surface area contributed by atoms with Crippen LogP contribution in [0.3, 0.4) is 0 Å². The minimum Gasteiger partial charge on any atom is -0.309 e. The third kappa shape index (κ3) is 5.28. The van der Waals surface area contributed by atoms with Crippen molar-refractivity contribution in [3.63, 3.8) is 0 Å². The van der Waals surface area contributed by atoms with E-state index < -0.39 is 0 Å². The summed E-state index contributed by atoms with van der Waals surface area (Å²) in [7, 11) is 6.55. The minimum atomic E-state index is 0.671. The second kappa shape index (κ2) is 6.58. The van der Waals surface area contributed by atoms with Gasteiger partial charge < -0.3 is 15.1 Å². The molecule has 1 N–H and O–H groups in total. The Kier molecular flexibility index (Phi) is 5.73. The molecule has 0 saturated carbocycles. The van der Waals surface area contributed by atoms with E-state index in [1.807, 2.05) is 0 Å². The van der Waals surface area contributed by atoms with Gasteiger partial charge in [0.05, 0.1) is 0 Å². The summed E-state index contributed by atoms with van der Waals surface area (Å²) in [4.78, 5) is 4.75. The van der Waals surface area contributed by atoms with E-state index in [4.69, 9.17) is 0 Å². The SMILES string of the molecule is CC(C)C[C@@H]1CN(C)CC(CCN(C)C)N1. The number of hydrogen-bond donors (Lipinski definition) is 1. The standard InChI is InChI=1S/C13H29N3/c1-11(2)8-13-10-16(5)9-12(14-13)6-7-15(3)4/h11-14H,6-10H2,1-5H3/t12?,13-/m1/s1. The lowest BCUT2D eigenvalue weighted by Gasteiger charge is -2.38. The summed E-state index contributed by atoms with van der Waals surface area (Å²) < 4.78 is 0. The molecule has 0 aromatic carbocycles. The van der Waals surface area contributed by atoms with Crippen molar-refractivity contribution in [2.24, 2.45) is 5.92 Å². The van der Waals surface area contributed by atoms with E-state index in [2.05, 4.69) is 50.1 Å². The molecule has 1 unspecified atom stereocenters. The predicted octanol–water partition coefficient (Wildman–Crippen LogP) is 1.26. The van der Waals surface area contributed by atoms with Gasteiger partial charge in [-0.05, 0) is 46.4 Å². The monoisotopic (exact) mass is 227 g/mol. The van der Waals surface area contributed by atoms with Crippen LogP contribution in [0.25, 0.3) is 0 Å². The summed E-state index contributed by atoms with van der Waals surface area (Å²) in [5, 5.41) is 3.80. The Labute approximate surface area is 101 Å². The molecule has 1 heterocycles. The van der Waals surface area contributed by atoms with Crippen LogP contribution >= 0.6 is 0 Å². The lowest BCUT2D eigenvalue weighted by atomic mass is 9.99. The largest absolute Gasteiger partial charge is 0.309 e. The Hall–Kier alpha value is -0.120. The van der Waals surface area contributed by atoms with Gasteiger partial charge in [0, 0.05) is 25.2 Å². The van der Waals surface area contributed by atoms with E-state index in [9.17, 15) is 0 Å². The van der Waals surface area contributed by atoms with Crippen molar-refractivity contribution < 1.29 is 0 Å². The fraction of sp³-hybridized carbons (Fsp3) is 1.00. The van der Waals surface area contributed by atoms with Crippen molar-refractivity contribution in [3.05, 3.63) is 0 Å². The van der Waals surface area contributed by atoms with Crippen LogP contribution in [0.2, 0.25) is 0 Å². The van der Waals surface area contributed by atoms with Gasteiger partial charge in [0.1, 0.15) is 0 Å². The first-order valence-electron chi connectivity index (χ1n) is 6.56. The number of likely N-dealkylation sites (N-methyl/N-ethyl adjacent to an activating group) is 1. The van der Waals surface area contributed by atoms with Crippen LogP contribution in [0.15, 0.2) is 0 Å². The number of nitrogens with zero attached hydrogens (tertiary/aromatic N) is 2. The smallest absolute Gasteiger partial charge is 0.0210 e. The van der Waals surface area contributed by atoms with Crippen LogP contribution < -0.4 is 5.32 Å². The zero-order chi connectivity index (χ0) is 12.1. The molecule has 96 valence electrons. The highest BCUT2D eigenvalue weighted by Crippen LogP contribution is 2.12. The summed E-state index contributed by atoms with van der Waals surface area (Å²) in [5.74, 6) is 0.790. The van der Waals surface area contributed by atoms with E-state index in [-0.39, 0.29) is 0 Å². The van der Waals surface area contributed by atoms with Gasteiger partial charge in [0.15, 0.2) is 0 Å². The third-order valence-electron chi connectivity index (χ3n) is 3.22. The first kappa shape index (κ1) is 13.9. The van der Waals surface area contributed by atoms with E-state index in [0.29, 0.717) is 12.1 Å². The molecule has 2 atom stereocenters. The average molecular weight is 227 g/mol. The zero-order valence-electron chi connectivity index (χ0n) is 11.7. The number of piperazine rings is 1. The van der Waals surface area contributed by atoms with Gasteiger partial charge in [-0.3, -0.25) is 0 Å². The highest BCUT2D eigenvalue weighted by molar-refractivity contribution is 4.85. The molecule has 1 aliphatic heterocycles. The lowest BCUT2D eigenvalue weighted by molar-refractivity contribution is 0.165. The van der Waals surface area contributed by atoms with Crippen molar-refractivity contribution in [1.82, 2.24) is 15.1 Å². The van der Waals surface area contributed by atoms with Crippen molar-refractivity contribution in [2.75, 3.05) is 40.8 Å². The maximum absolute atomic E-state index is 3.80. The molecular weight excluding hydrogens is 198 g/mol. The molecular formula is C13H29N3. The maximum Gasteiger partial charge on any atom is 0.0210 e. The Morgan fingerprint density at radius 2 is 1.88 bits per heavy atom. The highest BCUT2D eigenvalue weighted by atomic mass is 15.2. The first-order chi connectivity index (χ1) is 7.47. The molecule has 0 aliphatic carbocycles. The van der Waals surface area contributed by atoms with Crippen molar-refractivity contribution in [2.45, 2.75) is 38.8 Å². The van der Waals surface area contributed by atoms with Gasteiger partial charge in [-0.15, -0.1) is 0 Å². The van der Waals surface area contributed by atoms with Crippen LogP contribution in [-0.4, -0.2) is 62.7 Å². The van der Waals surface area contributed by atoms with Crippen LogP contribution in [0.1, 0.15) is 26.7 Å². The fourth-order valence-electron chi connectivity index (χ4n) is 2.57. The van der Waals surface area contributed by atoms with Crippen molar-refractivity contribution >= 4 is 0 Å². The molecule has 1 saturated heterocycles. The molecule has 0 bridgehead atoms. The van der Waals surface area contributed by atoms with Crippen molar-refractivity contribution in [1.29, 1.82) is 0 Å². The summed E-state index contributed by atoms with van der Waals surface area (Å²) in [6, 6.07) is 1.36. The molecule has 3 heteroatoms. The summed E-state index contributed by atoms with van der Waals surface area (Å²) in [6.45, 7) is 8.20. The molecule has 0 spiro atoms. The van der Waals surface area contributed by atoms with Gasteiger partial charge in [-0.2, -0.15) is 0 Å². The highest BCUT2D eigenvalue weighted by Gasteiger charge is 2.24. The lowest BCUT2D eigenvalue weighted by Crippen LogP contribution is -2.56. The van der Waals surface area contributed by atoms with Crippen LogP contribution in [0.5, 0.6) is 0 Å². The quantitative estimate of drug-likeness (QED) is 0.763. The maximum atomic E-state index is 3.80. The Bertz CT molecular complexity index is 190. The second-order valence-corrected chi connectivity index (χ2v) is 6.00. The van der Waals surface area contributed by atoms with Gasteiger partial charge in [0.25, 0.3) is 0 Å². The summed E-state index contributed by atoms with van der Waals surface area (Å²) in [6.07, 6.45) is 2.55. The minimum absolute atomic E-state index is 0.671. The molecule has 0 amide bonds. The first-order valence-corrected chi connectivity index (χ1v) is 6.56. The molecule has 0 aromatic heterocycles.